The number of carbonyl (C=O) groups excluding carboxylic acids is 1. The molecule has 2 rings (SSSR count). The molecular weight excluding hydrogens is 244 g/mol. The third kappa shape index (κ3) is 3.82. The largest absolute Gasteiger partial charge is 0.353 e. The van der Waals surface area contributed by atoms with Crippen molar-refractivity contribution in [2.24, 2.45) is 5.92 Å². The van der Waals surface area contributed by atoms with Crippen molar-refractivity contribution >= 4 is 17.2 Å². The molecule has 0 aromatic carbocycles. The molecule has 1 aliphatic heterocycles. The number of thiophene rings is 1. The van der Waals surface area contributed by atoms with E-state index in [2.05, 4.69) is 36.6 Å². The summed E-state index contributed by atoms with van der Waals surface area (Å²) in [5.41, 5.74) is 0. The molecule has 2 heterocycles. The average Bonchev–Trinajstić information content (AvgIpc) is 2.75. The molecule has 3 nitrogen and oxygen atoms in total. The number of amides is 1. The topological polar surface area (TPSA) is 41.1 Å². The first-order valence-corrected chi connectivity index (χ1v) is 7.53. The second-order valence-electron chi connectivity index (χ2n) is 5.17. The molecule has 1 unspecified atom stereocenters. The molecule has 0 aliphatic carbocycles. The molecule has 2 N–H and O–H groups in total. The second kappa shape index (κ2) is 6.34. The Balaban J connectivity index is 1.79. The van der Waals surface area contributed by atoms with E-state index in [0.717, 1.165) is 32.4 Å². The minimum Gasteiger partial charge on any atom is -0.353 e. The Morgan fingerprint density at radius 3 is 3.06 bits per heavy atom. The highest BCUT2D eigenvalue weighted by Crippen LogP contribution is 2.17. The van der Waals surface area contributed by atoms with Crippen LogP contribution in [-0.2, 0) is 11.2 Å². The third-order valence-electron chi connectivity index (χ3n) is 3.36. The van der Waals surface area contributed by atoms with Crippen LogP contribution in [0.1, 0.15) is 29.5 Å². The zero-order chi connectivity index (χ0) is 13.0. The highest BCUT2D eigenvalue weighted by atomic mass is 32.1. The number of carbonyl (C=O) groups is 1. The van der Waals surface area contributed by atoms with Gasteiger partial charge in [0.1, 0.15) is 0 Å². The Kier molecular flexibility index (Phi) is 4.78. The van der Waals surface area contributed by atoms with E-state index in [1.807, 2.05) is 11.3 Å². The minimum atomic E-state index is 0.159. The molecule has 1 aliphatic rings. The zero-order valence-corrected chi connectivity index (χ0v) is 12.0. The maximum Gasteiger partial charge on any atom is 0.224 e. The molecule has 0 spiro atoms. The quantitative estimate of drug-likeness (QED) is 0.876. The first-order valence-electron chi connectivity index (χ1n) is 6.71. The lowest BCUT2D eigenvalue weighted by atomic mass is 9.98. The van der Waals surface area contributed by atoms with Gasteiger partial charge in [-0.15, -0.1) is 11.3 Å². The molecule has 18 heavy (non-hydrogen) atoms. The molecule has 1 aromatic heterocycles. The lowest BCUT2D eigenvalue weighted by Gasteiger charge is -2.23. The molecule has 0 saturated carbocycles. The molecule has 100 valence electrons. The molecular formula is C14H22N2OS. The van der Waals surface area contributed by atoms with Crippen LogP contribution in [0.3, 0.4) is 0 Å². The fourth-order valence-corrected chi connectivity index (χ4v) is 3.40. The summed E-state index contributed by atoms with van der Waals surface area (Å²) < 4.78 is 0. The molecule has 1 amide bonds. The van der Waals surface area contributed by atoms with Crippen molar-refractivity contribution in [1.82, 2.24) is 10.6 Å². The monoisotopic (exact) mass is 266 g/mol. The Morgan fingerprint density at radius 1 is 1.61 bits per heavy atom. The van der Waals surface area contributed by atoms with E-state index in [0.29, 0.717) is 0 Å². The highest BCUT2D eigenvalue weighted by Gasteiger charge is 2.22. The van der Waals surface area contributed by atoms with Gasteiger partial charge < -0.3 is 10.6 Å². The van der Waals surface area contributed by atoms with Gasteiger partial charge >= 0.3 is 0 Å². The molecule has 0 radical (unpaired) electrons. The Hall–Kier alpha value is -0.870. The van der Waals surface area contributed by atoms with Gasteiger partial charge in [0, 0.05) is 28.8 Å². The van der Waals surface area contributed by atoms with Gasteiger partial charge in [-0.2, -0.15) is 0 Å². The van der Waals surface area contributed by atoms with Crippen molar-refractivity contribution in [1.29, 1.82) is 0 Å². The van der Waals surface area contributed by atoms with Crippen molar-refractivity contribution in [3.8, 4) is 0 Å². The smallest absolute Gasteiger partial charge is 0.224 e. The standard InChI is InChI=1S/C14H22N2OS/c1-10(8-13-6-5-11(2)18-13)16-14(17)12-4-3-7-15-9-12/h5-6,10,12,15H,3-4,7-9H2,1-2H3,(H,16,17)/t10?,12-/m0/s1. The molecule has 1 fully saturated rings. The van der Waals surface area contributed by atoms with Crippen molar-refractivity contribution < 1.29 is 4.79 Å². The summed E-state index contributed by atoms with van der Waals surface area (Å²) in [6.07, 6.45) is 3.06. The van der Waals surface area contributed by atoms with Crippen LogP contribution in [-0.4, -0.2) is 25.0 Å². The highest BCUT2D eigenvalue weighted by molar-refractivity contribution is 7.11. The summed E-state index contributed by atoms with van der Waals surface area (Å²) in [6.45, 7) is 6.08. The Bertz CT molecular complexity index is 396. The maximum absolute atomic E-state index is 12.1. The van der Waals surface area contributed by atoms with Crippen LogP contribution in [0.25, 0.3) is 0 Å². The first kappa shape index (κ1) is 13.6. The summed E-state index contributed by atoms with van der Waals surface area (Å²) in [7, 11) is 0. The summed E-state index contributed by atoms with van der Waals surface area (Å²) in [5, 5.41) is 6.42. The van der Waals surface area contributed by atoms with E-state index in [4.69, 9.17) is 0 Å². The fraction of sp³-hybridized carbons (Fsp3) is 0.643. The number of piperidine rings is 1. The van der Waals surface area contributed by atoms with E-state index in [1.54, 1.807) is 0 Å². The Labute approximate surface area is 113 Å². The van der Waals surface area contributed by atoms with Crippen LogP contribution in [0.5, 0.6) is 0 Å². The predicted molar refractivity (Wildman–Crippen MR) is 76.0 cm³/mol. The lowest BCUT2D eigenvalue weighted by Crippen LogP contribution is -2.44. The number of nitrogens with one attached hydrogen (secondary N) is 2. The van der Waals surface area contributed by atoms with E-state index in [-0.39, 0.29) is 17.9 Å². The summed E-state index contributed by atoms with van der Waals surface area (Å²) in [4.78, 5) is 14.7. The molecule has 2 atom stereocenters. The lowest BCUT2D eigenvalue weighted by molar-refractivity contribution is -0.126. The molecule has 1 saturated heterocycles. The average molecular weight is 266 g/mol. The van der Waals surface area contributed by atoms with Crippen molar-refractivity contribution in [3.05, 3.63) is 21.9 Å². The van der Waals surface area contributed by atoms with Crippen molar-refractivity contribution in [2.75, 3.05) is 13.1 Å². The second-order valence-corrected chi connectivity index (χ2v) is 6.54. The van der Waals surface area contributed by atoms with E-state index >= 15 is 0 Å². The SMILES string of the molecule is Cc1ccc(CC(C)NC(=O)[C@H]2CCCNC2)s1. The normalized spacial score (nSPS) is 21.6. The van der Waals surface area contributed by atoms with Crippen LogP contribution in [0.2, 0.25) is 0 Å². The van der Waals surface area contributed by atoms with Crippen LogP contribution >= 0.6 is 11.3 Å². The van der Waals surface area contributed by atoms with Gasteiger partial charge in [0.05, 0.1) is 5.92 Å². The van der Waals surface area contributed by atoms with Gasteiger partial charge in [-0.1, -0.05) is 0 Å². The van der Waals surface area contributed by atoms with E-state index in [9.17, 15) is 4.79 Å². The van der Waals surface area contributed by atoms with Gasteiger partial charge in [-0.3, -0.25) is 4.79 Å². The molecule has 4 heteroatoms. The van der Waals surface area contributed by atoms with Crippen molar-refractivity contribution in [2.45, 2.75) is 39.2 Å². The maximum atomic E-state index is 12.1. The van der Waals surface area contributed by atoms with E-state index in [1.165, 1.54) is 9.75 Å². The van der Waals surface area contributed by atoms with E-state index < -0.39 is 0 Å². The van der Waals surface area contributed by atoms with Gasteiger partial charge in [-0.05, 0) is 45.4 Å². The van der Waals surface area contributed by atoms with Gasteiger partial charge in [0.2, 0.25) is 5.91 Å². The predicted octanol–water partition coefficient (Wildman–Crippen LogP) is 2.10. The van der Waals surface area contributed by atoms with Crippen LogP contribution in [0, 0.1) is 12.8 Å². The number of hydrogen-bond acceptors (Lipinski definition) is 3. The fourth-order valence-electron chi connectivity index (χ4n) is 2.38. The zero-order valence-electron chi connectivity index (χ0n) is 11.2. The molecule has 1 aromatic rings. The van der Waals surface area contributed by atoms with Crippen molar-refractivity contribution in [3.63, 3.8) is 0 Å². The van der Waals surface area contributed by atoms with Crippen LogP contribution in [0.15, 0.2) is 12.1 Å². The summed E-state index contributed by atoms with van der Waals surface area (Å²) in [6, 6.07) is 4.52. The van der Waals surface area contributed by atoms with Gasteiger partial charge in [0.15, 0.2) is 0 Å². The van der Waals surface area contributed by atoms with Gasteiger partial charge in [0.25, 0.3) is 0 Å². The molecule has 0 bridgehead atoms. The Morgan fingerprint density at radius 2 is 2.44 bits per heavy atom. The van der Waals surface area contributed by atoms with Crippen LogP contribution < -0.4 is 10.6 Å². The first-order chi connectivity index (χ1) is 8.65. The minimum absolute atomic E-state index is 0.159. The number of aryl methyl sites for hydroxylation is 1. The number of hydrogen-bond donors (Lipinski definition) is 2. The summed E-state index contributed by atoms with van der Waals surface area (Å²) >= 11 is 1.82. The third-order valence-corrected chi connectivity index (χ3v) is 4.38. The van der Waals surface area contributed by atoms with Gasteiger partial charge in [-0.25, -0.2) is 0 Å². The summed E-state index contributed by atoms with van der Waals surface area (Å²) in [5.74, 6) is 0.370. The number of rotatable bonds is 4. The van der Waals surface area contributed by atoms with Crippen LogP contribution in [0.4, 0.5) is 0 Å².